The van der Waals surface area contributed by atoms with Crippen LogP contribution in [0.3, 0.4) is 0 Å². The summed E-state index contributed by atoms with van der Waals surface area (Å²) in [7, 11) is 1.59. The number of aliphatic hydroxyl groups is 1. The van der Waals surface area contributed by atoms with Crippen LogP contribution in [0, 0.1) is 11.3 Å². The first-order valence-electron chi connectivity index (χ1n) is 6.77. The molecule has 0 saturated carbocycles. The highest BCUT2D eigenvalue weighted by molar-refractivity contribution is 5.44. The first kappa shape index (κ1) is 16.3. The van der Waals surface area contributed by atoms with Crippen LogP contribution in [-0.4, -0.2) is 43.4 Å². The third-order valence-corrected chi connectivity index (χ3v) is 3.08. The van der Waals surface area contributed by atoms with Gasteiger partial charge in [0.25, 0.3) is 0 Å². The molecule has 5 nitrogen and oxygen atoms in total. The standard InChI is InChI=1S/C15H22N2O3/c1-4-17(8-9-18)13(11-16)12-6-7-14(19-3)15(10-12)20-5-2/h6-7,10,13,18H,4-5,8-9H2,1-3H3. The summed E-state index contributed by atoms with van der Waals surface area (Å²) in [5.41, 5.74) is 0.840. The maximum absolute atomic E-state index is 9.41. The smallest absolute Gasteiger partial charge is 0.161 e. The van der Waals surface area contributed by atoms with E-state index in [0.29, 0.717) is 31.2 Å². The van der Waals surface area contributed by atoms with Crippen molar-refractivity contribution in [3.05, 3.63) is 23.8 Å². The Morgan fingerprint density at radius 1 is 1.35 bits per heavy atom. The van der Waals surface area contributed by atoms with Crippen LogP contribution >= 0.6 is 0 Å². The van der Waals surface area contributed by atoms with E-state index in [-0.39, 0.29) is 6.61 Å². The molecule has 1 N–H and O–H groups in total. The number of likely N-dealkylation sites (N-methyl/N-ethyl adjacent to an activating group) is 1. The van der Waals surface area contributed by atoms with Gasteiger partial charge in [-0.2, -0.15) is 5.26 Å². The molecule has 5 heteroatoms. The molecule has 110 valence electrons. The largest absolute Gasteiger partial charge is 0.493 e. The number of hydrogen-bond donors (Lipinski definition) is 1. The summed E-state index contributed by atoms with van der Waals surface area (Å²) >= 11 is 0. The third-order valence-electron chi connectivity index (χ3n) is 3.08. The van der Waals surface area contributed by atoms with Crippen molar-refractivity contribution in [2.45, 2.75) is 19.9 Å². The van der Waals surface area contributed by atoms with Gasteiger partial charge in [0.2, 0.25) is 0 Å². The average molecular weight is 278 g/mol. The van der Waals surface area contributed by atoms with Gasteiger partial charge in [0.15, 0.2) is 11.5 Å². The lowest BCUT2D eigenvalue weighted by atomic mass is 10.1. The van der Waals surface area contributed by atoms with Crippen LogP contribution in [0.2, 0.25) is 0 Å². The number of hydrogen-bond acceptors (Lipinski definition) is 5. The van der Waals surface area contributed by atoms with Crippen LogP contribution in [0.5, 0.6) is 11.5 Å². The highest BCUT2D eigenvalue weighted by Gasteiger charge is 2.20. The zero-order valence-corrected chi connectivity index (χ0v) is 12.3. The maximum atomic E-state index is 9.41. The molecule has 1 aromatic rings. The second kappa shape index (κ2) is 8.41. The number of rotatable bonds is 8. The predicted molar refractivity (Wildman–Crippen MR) is 76.8 cm³/mol. The molecule has 20 heavy (non-hydrogen) atoms. The fourth-order valence-electron chi connectivity index (χ4n) is 2.10. The summed E-state index contributed by atoms with van der Waals surface area (Å²) in [6.45, 7) is 5.58. The van der Waals surface area contributed by atoms with E-state index in [4.69, 9.17) is 14.6 Å². The molecule has 0 bridgehead atoms. The fraction of sp³-hybridized carbons (Fsp3) is 0.533. The molecule has 1 unspecified atom stereocenters. The molecule has 1 atom stereocenters. The summed E-state index contributed by atoms with van der Waals surface area (Å²) in [5, 5.41) is 18.5. The lowest BCUT2D eigenvalue weighted by Crippen LogP contribution is -2.30. The molecule has 0 aromatic heterocycles. The van der Waals surface area contributed by atoms with Crippen LogP contribution in [0.15, 0.2) is 18.2 Å². The molecule has 0 radical (unpaired) electrons. The predicted octanol–water partition coefficient (Wildman–Crippen LogP) is 1.97. The van der Waals surface area contributed by atoms with Crippen LogP contribution in [0.1, 0.15) is 25.5 Å². The zero-order valence-electron chi connectivity index (χ0n) is 12.3. The minimum Gasteiger partial charge on any atom is -0.493 e. The molecule has 1 rings (SSSR count). The Morgan fingerprint density at radius 2 is 2.10 bits per heavy atom. The van der Waals surface area contributed by atoms with Crippen molar-refractivity contribution in [2.24, 2.45) is 0 Å². The van der Waals surface area contributed by atoms with Gasteiger partial charge >= 0.3 is 0 Å². The lowest BCUT2D eigenvalue weighted by molar-refractivity contribution is 0.180. The Labute approximate surface area is 120 Å². The van der Waals surface area contributed by atoms with Crippen molar-refractivity contribution in [1.82, 2.24) is 4.90 Å². The van der Waals surface area contributed by atoms with E-state index in [1.807, 2.05) is 30.9 Å². The lowest BCUT2D eigenvalue weighted by Gasteiger charge is -2.25. The van der Waals surface area contributed by atoms with Gasteiger partial charge in [0, 0.05) is 6.54 Å². The van der Waals surface area contributed by atoms with Crippen LogP contribution < -0.4 is 9.47 Å². The van der Waals surface area contributed by atoms with Crippen LogP contribution in [-0.2, 0) is 0 Å². The van der Waals surface area contributed by atoms with Crippen molar-refractivity contribution < 1.29 is 14.6 Å². The molecule has 0 aliphatic heterocycles. The zero-order chi connectivity index (χ0) is 15.0. The van der Waals surface area contributed by atoms with E-state index in [1.165, 1.54) is 0 Å². The second-order valence-corrected chi connectivity index (χ2v) is 4.23. The number of ether oxygens (including phenoxy) is 2. The molecule has 1 aromatic carbocycles. The molecular weight excluding hydrogens is 256 g/mol. The van der Waals surface area contributed by atoms with Gasteiger partial charge < -0.3 is 14.6 Å². The Kier molecular flexibility index (Phi) is 6.85. The summed E-state index contributed by atoms with van der Waals surface area (Å²) in [6.07, 6.45) is 0. The van der Waals surface area contributed by atoms with Crippen LogP contribution in [0.25, 0.3) is 0 Å². The van der Waals surface area contributed by atoms with E-state index in [0.717, 1.165) is 5.56 Å². The quantitative estimate of drug-likeness (QED) is 0.787. The second-order valence-electron chi connectivity index (χ2n) is 4.23. The maximum Gasteiger partial charge on any atom is 0.161 e. The van der Waals surface area contributed by atoms with Crippen molar-refractivity contribution in [1.29, 1.82) is 5.26 Å². The third kappa shape index (κ3) is 3.86. The summed E-state index contributed by atoms with van der Waals surface area (Å²) in [4.78, 5) is 1.91. The molecule has 0 amide bonds. The Morgan fingerprint density at radius 3 is 2.60 bits per heavy atom. The molecular formula is C15H22N2O3. The van der Waals surface area contributed by atoms with Gasteiger partial charge in [0.1, 0.15) is 6.04 Å². The van der Waals surface area contributed by atoms with Crippen LogP contribution in [0.4, 0.5) is 0 Å². The average Bonchev–Trinajstić information content (AvgIpc) is 2.47. The Hall–Kier alpha value is -1.77. The number of nitriles is 1. The number of nitrogens with zero attached hydrogens (tertiary/aromatic N) is 2. The van der Waals surface area contributed by atoms with Crippen molar-refractivity contribution in [3.63, 3.8) is 0 Å². The van der Waals surface area contributed by atoms with Crippen molar-refractivity contribution in [2.75, 3.05) is 33.4 Å². The fourth-order valence-corrected chi connectivity index (χ4v) is 2.10. The normalized spacial score (nSPS) is 12.0. The van der Waals surface area contributed by atoms with E-state index < -0.39 is 6.04 Å². The molecule has 0 spiro atoms. The van der Waals surface area contributed by atoms with E-state index in [2.05, 4.69) is 6.07 Å². The topological polar surface area (TPSA) is 65.7 Å². The summed E-state index contributed by atoms with van der Waals surface area (Å²) in [6, 6.07) is 7.36. The molecule has 0 aliphatic carbocycles. The van der Waals surface area contributed by atoms with Gasteiger partial charge in [-0.3, -0.25) is 4.90 Å². The highest BCUT2D eigenvalue weighted by Crippen LogP contribution is 2.31. The Bertz CT molecular complexity index is 457. The minimum absolute atomic E-state index is 0.0283. The Balaban J connectivity index is 3.09. The molecule has 0 fully saturated rings. The SMILES string of the molecule is CCOc1cc(C(C#N)N(CC)CCO)ccc1OC. The molecule has 0 heterocycles. The highest BCUT2D eigenvalue weighted by atomic mass is 16.5. The number of benzene rings is 1. The summed E-state index contributed by atoms with van der Waals surface area (Å²) in [5.74, 6) is 1.28. The van der Waals surface area contributed by atoms with Crippen molar-refractivity contribution >= 4 is 0 Å². The van der Waals surface area contributed by atoms with E-state index in [9.17, 15) is 5.26 Å². The molecule has 0 saturated heterocycles. The van der Waals surface area contributed by atoms with Gasteiger partial charge in [-0.1, -0.05) is 13.0 Å². The van der Waals surface area contributed by atoms with E-state index in [1.54, 1.807) is 13.2 Å². The minimum atomic E-state index is -0.405. The molecule has 0 aliphatic rings. The van der Waals surface area contributed by atoms with Gasteiger partial charge in [0.05, 0.1) is 26.4 Å². The monoisotopic (exact) mass is 278 g/mol. The van der Waals surface area contributed by atoms with Crippen molar-refractivity contribution in [3.8, 4) is 17.6 Å². The summed E-state index contributed by atoms with van der Waals surface area (Å²) < 4.78 is 10.8. The first-order chi connectivity index (χ1) is 9.71. The number of aliphatic hydroxyl groups excluding tert-OH is 1. The van der Waals surface area contributed by atoms with Gasteiger partial charge in [-0.05, 0) is 31.2 Å². The van der Waals surface area contributed by atoms with Gasteiger partial charge in [-0.25, -0.2) is 0 Å². The van der Waals surface area contributed by atoms with Gasteiger partial charge in [-0.15, -0.1) is 0 Å². The first-order valence-corrected chi connectivity index (χ1v) is 6.77. The number of methoxy groups -OCH3 is 1. The van der Waals surface area contributed by atoms with E-state index >= 15 is 0 Å².